The minimum Gasteiger partial charge on any atom is -0.484 e. The summed E-state index contributed by atoms with van der Waals surface area (Å²) in [6, 6.07) is 7.02. The molecule has 0 aliphatic rings. The lowest BCUT2D eigenvalue weighted by atomic mass is 10.2. The first-order chi connectivity index (χ1) is 10.1. The predicted molar refractivity (Wildman–Crippen MR) is 80.7 cm³/mol. The van der Waals surface area contributed by atoms with Gasteiger partial charge in [0.25, 0.3) is 0 Å². The number of nitrogens with zero attached hydrogens (tertiary/aromatic N) is 2. The van der Waals surface area contributed by atoms with Gasteiger partial charge in [0.05, 0.1) is 11.4 Å². The number of hydrogen-bond donors (Lipinski definition) is 1. The van der Waals surface area contributed by atoms with Gasteiger partial charge in [0.2, 0.25) is 0 Å². The molecule has 0 amide bonds. The Morgan fingerprint density at radius 1 is 1.33 bits per heavy atom. The van der Waals surface area contributed by atoms with E-state index in [0.717, 1.165) is 29.9 Å². The molecule has 0 atom stereocenters. The minimum absolute atomic E-state index is 0.271. The van der Waals surface area contributed by atoms with Crippen molar-refractivity contribution in [2.45, 2.75) is 33.4 Å². The van der Waals surface area contributed by atoms with Gasteiger partial charge in [0.15, 0.2) is 11.6 Å². The summed E-state index contributed by atoms with van der Waals surface area (Å²) in [7, 11) is 1.85. The summed E-state index contributed by atoms with van der Waals surface area (Å²) >= 11 is 0. The Hall–Kier alpha value is -1.88. The first-order valence-corrected chi connectivity index (χ1v) is 7.21. The van der Waals surface area contributed by atoms with Crippen molar-refractivity contribution in [3.05, 3.63) is 47.0 Å². The van der Waals surface area contributed by atoms with Gasteiger partial charge in [0, 0.05) is 13.6 Å². The number of nitrogens with one attached hydrogen (secondary N) is 1. The second kappa shape index (κ2) is 7.22. The first-order valence-electron chi connectivity index (χ1n) is 7.21. The van der Waals surface area contributed by atoms with Crippen LogP contribution in [0.1, 0.15) is 30.3 Å². The molecule has 0 aliphatic heterocycles. The van der Waals surface area contributed by atoms with Crippen LogP contribution in [0.3, 0.4) is 0 Å². The van der Waals surface area contributed by atoms with Crippen LogP contribution in [0.4, 0.5) is 4.39 Å². The van der Waals surface area contributed by atoms with Gasteiger partial charge in [-0.15, -0.1) is 0 Å². The second-order valence-corrected chi connectivity index (χ2v) is 5.13. The molecule has 0 saturated carbocycles. The first kappa shape index (κ1) is 15.5. The molecule has 0 saturated heterocycles. The lowest BCUT2D eigenvalue weighted by Gasteiger charge is -2.09. The normalized spacial score (nSPS) is 10.9. The molecule has 2 aromatic rings. The third-order valence-corrected chi connectivity index (χ3v) is 3.23. The summed E-state index contributed by atoms with van der Waals surface area (Å²) < 4.78 is 21.3. The molecule has 0 spiro atoms. The van der Waals surface area contributed by atoms with Gasteiger partial charge >= 0.3 is 0 Å². The second-order valence-electron chi connectivity index (χ2n) is 5.13. The van der Waals surface area contributed by atoms with Gasteiger partial charge in [-0.25, -0.2) is 4.39 Å². The monoisotopic (exact) mass is 291 g/mol. The van der Waals surface area contributed by atoms with E-state index in [4.69, 9.17) is 4.74 Å². The van der Waals surface area contributed by atoms with Gasteiger partial charge in [-0.2, -0.15) is 5.10 Å². The highest BCUT2D eigenvalue weighted by Gasteiger charge is 2.07. The van der Waals surface area contributed by atoms with E-state index in [9.17, 15) is 4.39 Å². The summed E-state index contributed by atoms with van der Waals surface area (Å²) in [6.07, 6.45) is 1.06. The molecule has 0 unspecified atom stereocenters. The third kappa shape index (κ3) is 4.29. The Labute approximate surface area is 124 Å². The van der Waals surface area contributed by atoms with E-state index in [1.54, 1.807) is 10.7 Å². The van der Waals surface area contributed by atoms with E-state index < -0.39 is 0 Å². The van der Waals surface area contributed by atoms with Gasteiger partial charge in [-0.1, -0.05) is 13.0 Å². The quantitative estimate of drug-likeness (QED) is 0.797. The van der Waals surface area contributed by atoms with Crippen LogP contribution in [0.2, 0.25) is 0 Å². The fourth-order valence-corrected chi connectivity index (χ4v) is 2.13. The highest BCUT2D eigenvalue weighted by molar-refractivity contribution is 5.29. The van der Waals surface area contributed by atoms with E-state index in [2.05, 4.69) is 17.3 Å². The zero-order chi connectivity index (χ0) is 15.2. The molecule has 1 heterocycles. The molecule has 1 N–H and O–H groups in total. The minimum atomic E-state index is -0.329. The van der Waals surface area contributed by atoms with Crippen molar-refractivity contribution in [1.82, 2.24) is 15.1 Å². The average Bonchev–Trinajstić information content (AvgIpc) is 2.76. The summed E-state index contributed by atoms with van der Waals surface area (Å²) in [5.41, 5.74) is 2.76. The van der Waals surface area contributed by atoms with E-state index in [1.807, 2.05) is 26.1 Å². The Morgan fingerprint density at radius 3 is 2.76 bits per heavy atom. The number of aryl methyl sites for hydroxylation is 2. The maximum absolute atomic E-state index is 14.0. The fraction of sp³-hybridized carbons (Fsp3) is 0.438. The molecular weight excluding hydrogens is 269 g/mol. The average molecular weight is 291 g/mol. The van der Waals surface area contributed by atoms with Gasteiger partial charge < -0.3 is 10.1 Å². The molecule has 5 heteroatoms. The molecule has 4 nitrogen and oxygen atoms in total. The Morgan fingerprint density at radius 2 is 2.14 bits per heavy atom. The molecule has 2 rings (SSSR count). The number of benzene rings is 1. The van der Waals surface area contributed by atoms with Gasteiger partial charge in [-0.05, 0) is 43.7 Å². The zero-order valence-corrected chi connectivity index (χ0v) is 12.8. The molecule has 1 aromatic heterocycles. The largest absolute Gasteiger partial charge is 0.484 e. The summed E-state index contributed by atoms with van der Waals surface area (Å²) in [6.45, 7) is 5.93. The summed E-state index contributed by atoms with van der Waals surface area (Å²) in [5.74, 6) is -0.0576. The van der Waals surface area contributed by atoms with Crippen LogP contribution in [0.25, 0.3) is 0 Å². The molecule has 0 aliphatic carbocycles. The van der Waals surface area contributed by atoms with Crippen LogP contribution in [-0.4, -0.2) is 16.3 Å². The zero-order valence-electron chi connectivity index (χ0n) is 12.8. The predicted octanol–water partition coefficient (Wildman–Crippen LogP) is 2.95. The van der Waals surface area contributed by atoms with Crippen LogP contribution in [-0.2, 0) is 20.2 Å². The number of ether oxygens (including phenoxy) is 1. The lowest BCUT2D eigenvalue weighted by molar-refractivity contribution is 0.280. The number of hydrogen-bond acceptors (Lipinski definition) is 3. The summed E-state index contributed by atoms with van der Waals surface area (Å²) in [4.78, 5) is 0. The maximum atomic E-state index is 14.0. The lowest BCUT2D eigenvalue weighted by Crippen LogP contribution is -2.13. The number of halogens is 1. The van der Waals surface area contributed by atoms with E-state index in [-0.39, 0.29) is 11.6 Å². The van der Waals surface area contributed by atoms with Crippen LogP contribution < -0.4 is 10.1 Å². The van der Waals surface area contributed by atoms with Crippen molar-refractivity contribution in [3.63, 3.8) is 0 Å². The molecule has 0 fully saturated rings. The van der Waals surface area contributed by atoms with Crippen molar-refractivity contribution in [1.29, 1.82) is 0 Å². The maximum Gasteiger partial charge on any atom is 0.165 e. The van der Waals surface area contributed by atoms with Gasteiger partial charge in [-0.3, -0.25) is 4.68 Å². The van der Waals surface area contributed by atoms with Crippen LogP contribution in [0, 0.1) is 12.7 Å². The van der Waals surface area contributed by atoms with E-state index >= 15 is 0 Å². The fourth-order valence-electron chi connectivity index (χ4n) is 2.13. The van der Waals surface area contributed by atoms with E-state index in [1.165, 1.54) is 6.07 Å². The smallest absolute Gasteiger partial charge is 0.165 e. The topological polar surface area (TPSA) is 39.1 Å². The van der Waals surface area contributed by atoms with Crippen LogP contribution in [0.5, 0.6) is 5.75 Å². The van der Waals surface area contributed by atoms with Crippen molar-refractivity contribution < 1.29 is 9.13 Å². The third-order valence-electron chi connectivity index (χ3n) is 3.23. The molecule has 1 aromatic carbocycles. The van der Waals surface area contributed by atoms with E-state index in [0.29, 0.717) is 13.2 Å². The molecule has 0 radical (unpaired) electrons. The van der Waals surface area contributed by atoms with Crippen LogP contribution >= 0.6 is 0 Å². The number of aromatic nitrogens is 2. The standard InChI is InChI=1S/C16H22FN3O/c1-4-7-18-10-13-5-6-16(15(17)9-13)21-11-14-8-12(2)19-20(14)3/h5-6,8-9,18H,4,7,10-11H2,1-3H3. The highest BCUT2D eigenvalue weighted by Crippen LogP contribution is 2.19. The van der Waals surface area contributed by atoms with Crippen molar-refractivity contribution in [2.24, 2.45) is 7.05 Å². The number of rotatable bonds is 7. The highest BCUT2D eigenvalue weighted by atomic mass is 19.1. The molecule has 114 valence electrons. The Kier molecular flexibility index (Phi) is 5.33. The molecule has 21 heavy (non-hydrogen) atoms. The van der Waals surface area contributed by atoms with Crippen molar-refractivity contribution in [3.8, 4) is 5.75 Å². The van der Waals surface area contributed by atoms with Crippen LogP contribution in [0.15, 0.2) is 24.3 Å². The van der Waals surface area contributed by atoms with Crippen molar-refractivity contribution >= 4 is 0 Å². The van der Waals surface area contributed by atoms with Gasteiger partial charge in [0.1, 0.15) is 6.61 Å². The van der Waals surface area contributed by atoms with Crippen molar-refractivity contribution in [2.75, 3.05) is 6.54 Å². The molecular formula is C16H22FN3O. The molecule has 0 bridgehead atoms. The summed E-state index contributed by atoms with van der Waals surface area (Å²) in [5, 5.41) is 7.48. The SMILES string of the molecule is CCCNCc1ccc(OCc2cc(C)nn2C)c(F)c1. The Bertz CT molecular complexity index is 595. The Balaban J connectivity index is 1.96.